The maximum absolute atomic E-state index is 12.4. The van der Waals surface area contributed by atoms with Gasteiger partial charge < -0.3 is 18.9 Å². The number of esters is 1. The van der Waals surface area contributed by atoms with Gasteiger partial charge in [-0.25, -0.2) is 4.98 Å². The minimum Gasteiger partial charge on any atom is -0.493 e. The molecule has 3 aromatic rings. The van der Waals surface area contributed by atoms with Gasteiger partial charge in [0.2, 0.25) is 0 Å². The molecule has 32 heavy (non-hydrogen) atoms. The third-order valence-electron chi connectivity index (χ3n) is 4.74. The molecule has 9 heteroatoms. The number of rotatable bonds is 8. The second-order valence-corrected chi connectivity index (χ2v) is 7.70. The minimum atomic E-state index is -0.521. The lowest BCUT2D eigenvalue weighted by atomic mass is 10.2. The van der Waals surface area contributed by atoms with Crippen molar-refractivity contribution in [3.05, 3.63) is 53.5 Å². The summed E-state index contributed by atoms with van der Waals surface area (Å²) in [6, 6.07) is 12.7. The van der Waals surface area contributed by atoms with Crippen LogP contribution in [-0.2, 0) is 20.9 Å². The van der Waals surface area contributed by atoms with Crippen LogP contribution in [0.2, 0.25) is 0 Å². The van der Waals surface area contributed by atoms with Gasteiger partial charge >= 0.3 is 5.97 Å². The highest BCUT2D eigenvalue weighted by atomic mass is 32.1. The topological polar surface area (TPSA) is 87.2 Å². The molecule has 0 saturated heterocycles. The molecule has 0 unspecified atom stereocenters. The summed E-state index contributed by atoms with van der Waals surface area (Å²) in [7, 11) is 1.59. The van der Waals surface area contributed by atoms with E-state index < -0.39 is 5.97 Å². The Morgan fingerprint density at radius 3 is 2.88 bits per heavy atom. The number of carbonyl (C=O) groups is 2. The zero-order chi connectivity index (χ0) is 22.5. The van der Waals surface area contributed by atoms with Gasteiger partial charge in [-0.3, -0.25) is 14.5 Å². The van der Waals surface area contributed by atoms with Crippen LogP contribution in [0.4, 0.5) is 5.69 Å². The first-order valence-corrected chi connectivity index (χ1v) is 10.9. The molecule has 0 spiro atoms. The highest BCUT2D eigenvalue weighted by Crippen LogP contribution is 2.34. The first-order valence-electron chi connectivity index (χ1n) is 10.0. The lowest BCUT2D eigenvalue weighted by Crippen LogP contribution is -2.42. The monoisotopic (exact) mass is 454 g/mol. The number of anilines is 1. The number of ether oxygens (including phenoxy) is 4. The molecular weight excluding hydrogens is 432 g/mol. The molecule has 2 heterocycles. The maximum atomic E-state index is 12.4. The van der Waals surface area contributed by atoms with E-state index in [4.69, 9.17) is 18.9 Å². The van der Waals surface area contributed by atoms with Gasteiger partial charge in [0.15, 0.2) is 18.1 Å². The SMILES string of the molecule is CCOc1ccc(-c2nc(COC(=O)CN3C(=O)COc4ccccc43)cs2)cc1OC. The minimum absolute atomic E-state index is 0.0175. The highest BCUT2D eigenvalue weighted by molar-refractivity contribution is 7.13. The summed E-state index contributed by atoms with van der Waals surface area (Å²) in [5.74, 6) is 1.05. The van der Waals surface area contributed by atoms with Crippen molar-refractivity contribution in [2.45, 2.75) is 13.5 Å². The molecule has 0 fully saturated rings. The Labute approximate surface area is 189 Å². The predicted octanol–water partition coefficient (Wildman–Crippen LogP) is 3.69. The average Bonchev–Trinajstić information content (AvgIpc) is 3.29. The quantitative estimate of drug-likeness (QED) is 0.480. The molecule has 0 atom stereocenters. The molecule has 0 saturated carbocycles. The van der Waals surface area contributed by atoms with Gasteiger partial charge in [0.05, 0.1) is 25.1 Å². The van der Waals surface area contributed by atoms with Crippen molar-refractivity contribution >= 4 is 28.9 Å². The first kappa shape index (κ1) is 21.6. The fourth-order valence-corrected chi connectivity index (χ4v) is 4.04. The van der Waals surface area contributed by atoms with Crippen LogP contribution in [0.25, 0.3) is 10.6 Å². The van der Waals surface area contributed by atoms with Crippen LogP contribution in [0.15, 0.2) is 47.8 Å². The summed E-state index contributed by atoms with van der Waals surface area (Å²) in [4.78, 5) is 30.5. The molecule has 4 rings (SSSR count). The van der Waals surface area contributed by atoms with Gasteiger partial charge in [0.1, 0.15) is 23.9 Å². The molecule has 8 nitrogen and oxygen atoms in total. The highest BCUT2D eigenvalue weighted by Gasteiger charge is 2.27. The molecule has 1 aliphatic heterocycles. The van der Waals surface area contributed by atoms with Gasteiger partial charge in [0, 0.05) is 10.9 Å². The smallest absolute Gasteiger partial charge is 0.326 e. The zero-order valence-electron chi connectivity index (χ0n) is 17.7. The molecule has 0 aliphatic carbocycles. The summed E-state index contributed by atoms with van der Waals surface area (Å²) in [6.45, 7) is 2.18. The molecule has 166 valence electrons. The molecule has 1 aliphatic rings. The van der Waals surface area contributed by atoms with Crippen molar-refractivity contribution in [1.82, 2.24) is 4.98 Å². The largest absolute Gasteiger partial charge is 0.493 e. The summed E-state index contributed by atoms with van der Waals surface area (Å²) in [5.41, 5.74) is 2.06. The average molecular weight is 455 g/mol. The van der Waals surface area contributed by atoms with Crippen LogP contribution in [0.3, 0.4) is 0 Å². The lowest BCUT2D eigenvalue weighted by molar-refractivity contribution is -0.144. The van der Waals surface area contributed by atoms with Gasteiger partial charge in [-0.2, -0.15) is 0 Å². The van der Waals surface area contributed by atoms with Gasteiger partial charge in [0.25, 0.3) is 5.91 Å². The second-order valence-electron chi connectivity index (χ2n) is 6.84. The summed E-state index contributed by atoms with van der Waals surface area (Å²) >= 11 is 1.44. The zero-order valence-corrected chi connectivity index (χ0v) is 18.5. The fourth-order valence-electron chi connectivity index (χ4n) is 3.24. The van der Waals surface area contributed by atoms with Crippen molar-refractivity contribution in [1.29, 1.82) is 0 Å². The van der Waals surface area contributed by atoms with E-state index in [0.717, 1.165) is 10.6 Å². The van der Waals surface area contributed by atoms with E-state index in [9.17, 15) is 9.59 Å². The van der Waals surface area contributed by atoms with Crippen LogP contribution in [0.1, 0.15) is 12.6 Å². The number of para-hydroxylation sites is 2. The standard InChI is InChI=1S/C23H22N2O6S/c1-3-29-19-9-8-15(10-20(19)28-2)23-24-16(14-32-23)12-31-22(27)11-25-17-6-4-5-7-18(17)30-13-21(25)26/h4-10,14H,3,11-13H2,1-2H3. The van der Waals surface area contributed by atoms with E-state index in [-0.39, 0.29) is 25.7 Å². The van der Waals surface area contributed by atoms with Gasteiger partial charge in [-0.1, -0.05) is 12.1 Å². The molecule has 0 bridgehead atoms. The first-order chi connectivity index (χ1) is 15.6. The molecule has 0 radical (unpaired) electrons. The van der Waals surface area contributed by atoms with Crippen LogP contribution in [-0.4, -0.2) is 43.7 Å². The van der Waals surface area contributed by atoms with Crippen molar-refractivity contribution < 1.29 is 28.5 Å². The van der Waals surface area contributed by atoms with Crippen molar-refractivity contribution in [2.24, 2.45) is 0 Å². The Hall–Kier alpha value is -3.59. The number of methoxy groups -OCH3 is 1. The van der Waals surface area contributed by atoms with Crippen LogP contribution in [0, 0.1) is 0 Å². The Kier molecular flexibility index (Phi) is 6.55. The van der Waals surface area contributed by atoms with Crippen LogP contribution in [0.5, 0.6) is 17.2 Å². The summed E-state index contributed by atoms with van der Waals surface area (Å²) < 4.78 is 21.7. The second kappa shape index (κ2) is 9.69. The molecular formula is C23H22N2O6S. The fraction of sp³-hybridized carbons (Fsp3) is 0.261. The number of thiazole rings is 1. The Bertz CT molecular complexity index is 1130. The lowest BCUT2D eigenvalue weighted by Gasteiger charge is -2.28. The normalized spacial score (nSPS) is 12.7. The van der Waals surface area contributed by atoms with E-state index in [1.807, 2.05) is 36.6 Å². The van der Waals surface area contributed by atoms with Crippen molar-refractivity contribution in [2.75, 3.05) is 31.8 Å². The molecule has 1 aromatic heterocycles. The number of hydrogen-bond acceptors (Lipinski definition) is 8. The van der Waals surface area contributed by atoms with E-state index in [1.165, 1.54) is 16.2 Å². The maximum Gasteiger partial charge on any atom is 0.326 e. The van der Waals surface area contributed by atoms with E-state index in [1.54, 1.807) is 25.3 Å². The Morgan fingerprint density at radius 2 is 2.06 bits per heavy atom. The predicted molar refractivity (Wildman–Crippen MR) is 119 cm³/mol. The number of carbonyl (C=O) groups excluding carboxylic acids is 2. The number of fused-ring (bicyclic) bond motifs is 1. The third-order valence-corrected chi connectivity index (χ3v) is 5.68. The third kappa shape index (κ3) is 4.67. The van der Waals surface area contributed by atoms with Crippen molar-refractivity contribution in [3.63, 3.8) is 0 Å². The van der Waals surface area contributed by atoms with Crippen molar-refractivity contribution in [3.8, 4) is 27.8 Å². The number of nitrogens with zero attached hydrogens (tertiary/aromatic N) is 2. The van der Waals surface area contributed by atoms with Gasteiger partial charge in [-0.15, -0.1) is 11.3 Å². The Balaban J connectivity index is 1.39. The van der Waals surface area contributed by atoms with Gasteiger partial charge in [-0.05, 0) is 37.3 Å². The number of benzene rings is 2. The van der Waals surface area contributed by atoms with Crippen LogP contribution >= 0.6 is 11.3 Å². The Morgan fingerprint density at radius 1 is 1.22 bits per heavy atom. The molecule has 2 aromatic carbocycles. The summed E-state index contributed by atoms with van der Waals surface area (Å²) in [5, 5.41) is 2.61. The van der Waals surface area contributed by atoms with E-state index in [2.05, 4.69) is 4.98 Å². The van der Waals surface area contributed by atoms with Crippen LogP contribution < -0.4 is 19.1 Å². The number of amides is 1. The number of hydrogen-bond donors (Lipinski definition) is 0. The summed E-state index contributed by atoms with van der Waals surface area (Å²) in [6.07, 6.45) is 0. The van der Waals surface area contributed by atoms with E-state index in [0.29, 0.717) is 35.2 Å². The number of aromatic nitrogens is 1. The molecule has 1 amide bonds. The molecule has 0 N–H and O–H groups in total. The van der Waals surface area contributed by atoms with E-state index >= 15 is 0 Å².